The van der Waals surface area contributed by atoms with E-state index in [1.54, 1.807) is 6.07 Å². The number of rotatable bonds is 3. The van der Waals surface area contributed by atoms with Crippen LogP contribution in [0, 0.1) is 0 Å². The van der Waals surface area contributed by atoms with Crippen molar-refractivity contribution >= 4 is 21.4 Å². The molecule has 0 aliphatic carbocycles. The first-order valence-electron chi connectivity index (χ1n) is 6.48. The highest BCUT2D eigenvalue weighted by atomic mass is 32.2. The minimum absolute atomic E-state index is 0.116. The Bertz CT molecular complexity index is 751. The van der Waals surface area contributed by atoms with Crippen molar-refractivity contribution in [2.75, 3.05) is 16.6 Å². The first-order valence-corrected chi connectivity index (χ1v) is 7.92. The Morgan fingerprint density at radius 3 is 2.95 bits per heavy atom. The Hall–Kier alpha value is -2.02. The molecule has 1 aliphatic heterocycles. The molecule has 0 fully saturated rings. The smallest absolute Gasteiger partial charge is 0.281 e. The summed E-state index contributed by atoms with van der Waals surface area (Å²) in [6, 6.07) is 5.47. The quantitative estimate of drug-likeness (QED) is 0.834. The molecule has 2 aromatic rings. The van der Waals surface area contributed by atoms with Crippen molar-refractivity contribution in [3.63, 3.8) is 0 Å². The maximum Gasteiger partial charge on any atom is 0.281 e. The molecule has 0 amide bonds. The first kappa shape index (κ1) is 13.0. The van der Waals surface area contributed by atoms with Gasteiger partial charge in [-0.3, -0.25) is 4.31 Å². The lowest BCUT2D eigenvalue weighted by molar-refractivity contribution is 0.589. The van der Waals surface area contributed by atoms with Crippen LogP contribution in [0.3, 0.4) is 0 Å². The molecule has 3 rings (SSSR count). The minimum Gasteiger partial charge on any atom is -0.397 e. The van der Waals surface area contributed by atoms with Crippen LogP contribution >= 0.6 is 0 Å². The van der Waals surface area contributed by atoms with Gasteiger partial charge in [0.25, 0.3) is 10.0 Å². The van der Waals surface area contributed by atoms with Gasteiger partial charge in [-0.1, -0.05) is 19.1 Å². The molecule has 0 saturated heterocycles. The molecule has 3 N–H and O–H groups in total. The molecular weight excluding hydrogens is 276 g/mol. The van der Waals surface area contributed by atoms with Crippen molar-refractivity contribution in [1.82, 2.24) is 9.97 Å². The van der Waals surface area contributed by atoms with Gasteiger partial charge in [0.2, 0.25) is 0 Å². The standard InChI is InChI=1S/C13H16N4O2S/c1-2-11-15-8-12(16-11)20(18,19)17-7-6-9-4-3-5-10(14)13(9)17/h3-5,8H,2,6-7,14H2,1H3,(H,15,16). The summed E-state index contributed by atoms with van der Waals surface area (Å²) >= 11 is 0. The van der Waals surface area contributed by atoms with E-state index in [0.29, 0.717) is 36.6 Å². The summed E-state index contributed by atoms with van der Waals surface area (Å²) in [5.74, 6) is 0.657. The monoisotopic (exact) mass is 292 g/mol. The zero-order chi connectivity index (χ0) is 14.3. The highest BCUT2D eigenvalue weighted by Crippen LogP contribution is 2.36. The molecule has 0 bridgehead atoms. The largest absolute Gasteiger partial charge is 0.397 e. The molecule has 7 heteroatoms. The van der Waals surface area contributed by atoms with Crippen molar-refractivity contribution in [3.05, 3.63) is 35.8 Å². The van der Waals surface area contributed by atoms with Crippen LogP contribution in [0.5, 0.6) is 0 Å². The van der Waals surface area contributed by atoms with Gasteiger partial charge in [0.05, 0.1) is 17.6 Å². The molecule has 0 saturated carbocycles. The molecule has 1 aromatic carbocycles. The SMILES string of the molecule is CCc1ncc(S(=O)(=O)N2CCc3cccc(N)c32)[nH]1. The van der Waals surface area contributed by atoms with E-state index in [4.69, 9.17) is 5.73 Å². The number of fused-ring (bicyclic) bond motifs is 1. The van der Waals surface area contributed by atoms with Crippen LogP contribution in [0.1, 0.15) is 18.3 Å². The van der Waals surface area contributed by atoms with Gasteiger partial charge in [0.1, 0.15) is 5.82 Å². The van der Waals surface area contributed by atoms with Crippen LogP contribution < -0.4 is 10.0 Å². The van der Waals surface area contributed by atoms with Crippen LogP contribution in [0.15, 0.2) is 29.4 Å². The van der Waals surface area contributed by atoms with E-state index >= 15 is 0 Å². The maximum atomic E-state index is 12.7. The summed E-state index contributed by atoms with van der Waals surface area (Å²) in [4.78, 5) is 6.91. The lowest BCUT2D eigenvalue weighted by Crippen LogP contribution is -2.30. The summed E-state index contributed by atoms with van der Waals surface area (Å²) in [5.41, 5.74) is 7.98. The number of benzene rings is 1. The fraction of sp³-hybridized carbons (Fsp3) is 0.308. The molecule has 0 spiro atoms. The molecule has 106 valence electrons. The molecule has 20 heavy (non-hydrogen) atoms. The number of aromatic nitrogens is 2. The third-order valence-corrected chi connectivity index (χ3v) is 5.20. The van der Waals surface area contributed by atoms with Crippen molar-refractivity contribution in [3.8, 4) is 0 Å². The molecule has 2 heterocycles. The van der Waals surface area contributed by atoms with Gasteiger partial charge in [-0.25, -0.2) is 4.98 Å². The number of hydrogen-bond acceptors (Lipinski definition) is 4. The number of para-hydroxylation sites is 1. The molecule has 0 radical (unpaired) electrons. The normalized spacial score (nSPS) is 14.6. The molecule has 6 nitrogen and oxygen atoms in total. The van der Waals surface area contributed by atoms with Crippen LogP contribution in [0.2, 0.25) is 0 Å². The molecule has 0 unspecified atom stereocenters. The number of nitrogens with two attached hydrogens (primary N) is 1. The number of aryl methyl sites for hydroxylation is 1. The summed E-state index contributed by atoms with van der Waals surface area (Å²) < 4.78 is 26.7. The zero-order valence-corrected chi connectivity index (χ0v) is 11.9. The van der Waals surface area contributed by atoms with Gasteiger partial charge >= 0.3 is 0 Å². The van der Waals surface area contributed by atoms with Crippen LogP contribution in [0.4, 0.5) is 11.4 Å². The van der Waals surface area contributed by atoms with E-state index in [1.807, 2.05) is 19.1 Å². The van der Waals surface area contributed by atoms with E-state index in [2.05, 4.69) is 9.97 Å². The van der Waals surface area contributed by atoms with E-state index < -0.39 is 10.0 Å². The van der Waals surface area contributed by atoms with E-state index in [0.717, 1.165) is 5.56 Å². The number of nitrogens with zero attached hydrogens (tertiary/aromatic N) is 2. The zero-order valence-electron chi connectivity index (χ0n) is 11.1. The Morgan fingerprint density at radius 2 is 2.25 bits per heavy atom. The van der Waals surface area contributed by atoms with Crippen molar-refractivity contribution in [1.29, 1.82) is 0 Å². The predicted molar refractivity (Wildman–Crippen MR) is 77.1 cm³/mol. The van der Waals surface area contributed by atoms with Gasteiger partial charge in [0, 0.05) is 13.0 Å². The third kappa shape index (κ3) is 1.85. The summed E-state index contributed by atoms with van der Waals surface area (Å²) in [7, 11) is -3.63. The number of imidazole rings is 1. The summed E-state index contributed by atoms with van der Waals surface area (Å²) in [6.45, 7) is 2.32. The van der Waals surface area contributed by atoms with E-state index in [1.165, 1.54) is 10.5 Å². The minimum atomic E-state index is -3.63. The topological polar surface area (TPSA) is 92.1 Å². The van der Waals surface area contributed by atoms with E-state index in [-0.39, 0.29) is 5.03 Å². The average molecular weight is 292 g/mol. The summed E-state index contributed by atoms with van der Waals surface area (Å²) in [6.07, 6.45) is 2.70. The fourth-order valence-corrected chi connectivity index (χ4v) is 3.93. The van der Waals surface area contributed by atoms with Gasteiger partial charge in [0.15, 0.2) is 5.03 Å². The number of hydrogen-bond donors (Lipinski definition) is 2. The van der Waals surface area contributed by atoms with Gasteiger partial charge in [-0.05, 0) is 18.1 Å². The van der Waals surface area contributed by atoms with Gasteiger partial charge in [-0.15, -0.1) is 0 Å². The Balaban J connectivity index is 2.07. The molecule has 1 aliphatic rings. The summed E-state index contributed by atoms with van der Waals surface area (Å²) in [5, 5.41) is 0.116. The number of anilines is 2. The predicted octanol–water partition coefficient (Wildman–Crippen LogP) is 1.31. The highest BCUT2D eigenvalue weighted by molar-refractivity contribution is 7.92. The van der Waals surface area contributed by atoms with Crippen LogP contribution in [-0.2, 0) is 22.9 Å². The first-order chi connectivity index (χ1) is 9.54. The maximum absolute atomic E-state index is 12.7. The highest BCUT2D eigenvalue weighted by Gasteiger charge is 2.33. The van der Waals surface area contributed by atoms with E-state index in [9.17, 15) is 8.42 Å². The average Bonchev–Trinajstić information content (AvgIpc) is 3.06. The van der Waals surface area contributed by atoms with Crippen molar-refractivity contribution in [2.45, 2.75) is 24.8 Å². The van der Waals surface area contributed by atoms with Gasteiger partial charge in [-0.2, -0.15) is 8.42 Å². The van der Waals surface area contributed by atoms with Crippen LogP contribution in [0.25, 0.3) is 0 Å². The third-order valence-electron chi connectivity index (χ3n) is 3.49. The number of nitrogens with one attached hydrogen (secondary N) is 1. The lowest BCUT2D eigenvalue weighted by atomic mass is 10.1. The fourth-order valence-electron chi connectivity index (χ4n) is 2.46. The van der Waals surface area contributed by atoms with Crippen LogP contribution in [-0.4, -0.2) is 24.9 Å². The number of H-pyrrole nitrogens is 1. The molecule has 1 aromatic heterocycles. The van der Waals surface area contributed by atoms with Crippen molar-refractivity contribution in [2.24, 2.45) is 0 Å². The number of sulfonamides is 1. The van der Waals surface area contributed by atoms with Gasteiger partial charge < -0.3 is 10.7 Å². The lowest BCUT2D eigenvalue weighted by Gasteiger charge is -2.19. The molecular formula is C13H16N4O2S. The Kier molecular flexibility index (Phi) is 2.93. The van der Waals surface area contributed by atoms with Crippen molar-refractivity contribution < 1.29 is 8.42 Å². The Morgan fingerprint density at radius 1 is 1.45 bits per heavy atom. The second-order valence-corrected chi connectivity index (χ2v) is 6.56. The molecule has 0 atom stereocenters. The Labute approximate surface area is 117 Å². The number of aromatic amines is 1. The second-order valence-electron chi connectivity index (χ2n) is 4.73. The number of nitrogen functional groups attached to an aromatic ring is 1. The second kappa shape index (κ2) is 4.52.